The highest BCUT2D eigenvalue weighted by molar-refractivity contribution is 6.33. The first kappa shape index (κ1) is 12.8. The molecule has 0 spiro atoms. The Kier molecular flexibility index (Phi) is 3.48. The van der Waals surface area contributed by atoms with Crippen molar-refractivity contribution in [3.8, 4) is 5.75 Å². The van der Waals surface area contributed by atoms with Gasteiger partial charge in [-0.05, 0) is 24.3 Å². The van der Waals surface area contributed by atoms with Crippen molar-refractivity contribution in [2.75, 3.05) is 17.2 Å². The number of nitrogens with one attached hydrogen (secondary N) is 2. The fourth-order valence-electron chi connectivity index (χ4n) is 2.04. The summed E-state index contributed by atoms with van der Waals surface area (Å²) in [5, 5.41) is 6.45. The zero-order chi connectivity index (χ0) is 13.9. The van der Waals surface area contributed by atoms with Crippen molar-refractivity contribution in [2.45, 2.75) is 6.10 Å². The van der Waals surface area contributed by atoms with Crippen LogP contribution in [0, 0.1) is 0 Å². The number of ether oxygens (including phenoxy) is 1. The van der Waals surface area contributed by atoms with E-state index >= 15 is 0 Å². The van der Waals surface area contributed by atoms with Gasteiger partial charge in [0.1, 0.15) is 5.75 Å². The Balaban J connectivity index is 1.72. The molecule has 2 aromatic carbocycles. The average molecular weight is 289 g/mol. The van der Waals surface area contributed by atoms with E-state index in [9.17, 15) is 4.79 Å². The van der Waals surface area contributed by atoms with E-state index in [1.54, 1.807) is 12.1 Å². The van der Waals surface area contributed by atoms with Crippen LogP contribution in [-0.2, 0) is 4.79 Å². The predicted octanol–water partition coefficient (Wildman–Crippen LogP) is 3.15. The fourth-order valence-corrected chi connectivity index (χ4v) is 2.22. The molecule has 3 rings (SSSR count). The van der Waals surface area contributed by atoms with Crippen molar-refractivity contribution >= 4 is 28.9 Å². The number of para-hydroxylation sites is 3. The van der Waals surface area contributed by atoms with E-state index in [0.717, 1.165) is 5.69 Å². The third kappa shape index (κ3) is 2.56. The largest absolute Gasteiger partial charge is 0.477 e. The van der Waals surface area contributed by atoms with E-state index in [4.69, 9.17) is 16.3 Å². The highest BCUT2D eigenvalue weighted by Crippen LogP contribution is 2.29. The second-order valence-corrected chi connectivity index (χ2v) is 4.86. The summed E-state index contributed by atoms with van der Waals surface area (Å²) in [6.45, 7) is 0.424. The summed E-state index contributed by atoms with van der Waals surface area (Å²) >= 11 is 6.02. The maximum Gasteiger partial charge on any atom is 0.267 e. The maximum absolute atomic E-state index is 12.2. The van der Waals surface area contributed by atoms with Crippen LogP contribution in [0.25, 0.3) is 0 Å². The number of benzene rings is 2. The topological polar surface area (TPSA) is 50.4 Å². The third-order valence-corrected chi connectivity index (χ3v) is 3.39. The lowest BCUT2D eigenvalue weighted by atomic mass is 10.2. The number of halogens is 1. The van der Waals surface area contributed by atoms with Gasteiger partial charge in [-0.1, -0.05) is 35.9 Å². The maximum atomic E-state index is 12.2. The summed E-state index contributed by atoms with van der Waals surface area (Å²) in [6, 6.07) is 14.6. The van der Waals surface area contributed by atoms with Crippen LogP contribution in [-0.4, -0.2) is 18.6 Å². The molecule has 2 aromatic rings. The summed E-state index contributed by atoms with van der Waals surface area (Å²) in [7, 11) is 0. The second-order valence-electron chi connectivity index (χ2n) is 4.45. The molecule has 1 unspecified atom stereocenters. The Bertz CT molecular complexity index is 645. The van der Waals surface area contributed by atoms with Gasteiger partial charge in [0.25, 0.3) is 5.91 Å². The van der Waals surface area contributed by atoms with Gasteiger partial charge in [0.05, 0.1) is 22.9 Å². The average Bonchev–Trinajstić information content (AvgIpc) is 2.49. The van der Waals surface area contributed by atoms with Crippen LogP contribution in [0.2, 0.25) is 5.02 Å². The van der Waals surface area contributed by atoms with Crippen molar-refractivity contribution in [3.63, 3.8) is 0 Å². The molecule has 4 nitrogen and oxygen atoms in total. The number of carbonyl (C=O) groups is 1. The fraction of sp³-hybridized carbons (Fsp3) is 0.133. The molecule has 0 aromatic heterocycles. The number of carbonyl (C=O) groups excluding carboxylic acids is 1. The lowest BCUT2D eigenvalue weighted by molar-refractivity contribution is -0.122. The van der Waals surface area contributed by atoms with E-state index in [2.05, 4.69) is 10.6 Å². The van der Waals surface area contributed by atoms with Crippen molar-refractivity contribution in [1.29, 1.82) is 0 Å². The first-order chi connectivity index (χ1) is 9.74. The lowest BCUT2D eigenvalue weighted by Gasteiger charge is -2.26. The lowest BCUT2D eigenvalue weighted by Crippen LogP contribution is -2.41. The predicted molar refractivity (Wildman–Crippen MR) is 79.4 cm³/mol. The molecular formula is C15H13ClN2O2. The van der Waals surface area contributed by atoms with Gasteiger partial charge in [-0.15, -0.1) is 0 Å². The Morgan fingerprint density at radius 2 is 1.95 bits per heavy atom. The van der Waals surface area contributed by atoms with E-state index in [0.29, 0.717) is 23.0 Å². The van der Waals surface area contributed by atoms with E-state index in [1.165, 1.54) is 0 Å². The van der Waals surface area contributed by atoms with Crippen LogP contribution in [0.1, 0.15) is 0 Å². The standard InChI is InChI=1S/C15H13ClN2O2/c16-10-5-1-2-6-11(10)18-15(19)14-9-17-12-7-3-4-8-13(12)20-14/h1-8,14,17H,9H2,(H,18,19). The summed E-state index contributed by atoms with van der Waals surface area (Å²) in [5.74, 6) is 0.457. The first-order valence-electron chi connectivity index (χ1n) is 6.29. The quantitative estimate of drug-likeness (QED) is 0.892. The second kappa shape index (κ2) is 5.43. The molecule has 1 aliphatic rings. The van der Waals surface area contributed by atoms with Gasteiger partial charge in [0.15, 0.2) is 6.10 Å². The smallest absolute Gasteiger partial charge is 0.267 e. The van der Waals surface area contributed by atoms with Crippen molar-refractivity contribution < 1.29 is 9.53 Å². The molecule has 2 N–H and O–H groups in total. The molecule has 1 heterocycles. The summed E-state index contributed by atoms with van der Waals surface area (Å²) in [6.07, 6.45) is -0.582. The van der Waals surface area contributed by atoms with Gasteiger partial charge < -0.3 is 15.4 Å². The minimum atomic E-state index is -0.582. The zero-order valence-electron chi connectivity index (χ0n) is 10.6. The Labute approximate surface area is 121 Å². The molecule has 0 bridgehead atoms. The highest BCUT2D eigenvalue weighted by atomic mass is 35.5. The molecule has 0 saturated heterocycles. The molecule has 1 aliphatic heterocycles. The van der Waals surface area contributed by atoms with E-state index in [-0.39, 0.29) is 5.91 Å². The third-order valence-electron chi connectivity index (χ3n) is 3.06. The van der Waals surface area contributed by atoms with Crippen LogP contribution < -0.4 is 15.4 Å². The van der Waals surface area contributed by atoms with Crippen molar-refractivity contribution in [2.24, 2.45) is 0 Å². The molecule has 5 heteroatoms. The van der Waals surface area contributed by atoms with Crippen LogP contribution >= 0.6 is 11.6 Å². The minimum Gasteiger partial charge on any atom is -0.477 e. The number of hydrogen-bond acceptors (Lipinski definition) is 3. The van der Waals surface area contributed by atoms with Gasteiger partial charge >= 0.3 is 0 Å². The summed E-state index contributed by atoms with van der Waals surface area (Å²) < 4.78 is 5.69. The normalized spacial score (nSPS) is 16.6. The molecule has 20 heavy (non-hydrogen) atoms. The highest BCUT2D eigenvalue weighted by Gasteiger charge is 2.25. The van der Waals surface area contributed by atoms with Crippen LogP contribution in [0.3, 0.4) is 0 Å². The molecule has 0 saturated carbocycles. The number of fused-ring (bicyclic) bond motifs is 1. The Morgan fingerprint density at radius 1 is 1.20 bits per heavy atom. The Hall–Kier alpha value is -2.20. The minimum absolute atomic E-state index is 0.222. The summed E-state index contributed by atoms with van der Waals surface area (Å²) in [5.41, 5.74) is 1.48. The molecule has 0 aliphatic carbocycles. The van der Waals surface area contributed by atoms with Gasteiger partial charge in [-0.3, -0.25) is 4.79 Å². The number of hydrogen-bond donors (Lipinski definition) is 2. The van der Waals surface area contributed by atoms with Crippen LogP contribution in [0.15, 0.2) is 48.5 Å². The summed E-state index contributed by atoms with van der Waals surface area (Å²) in [4.78, 5) is 12.2. The van der Waals surface area contributed by atoms with E-state index in [1.807, 2.05) is 36.4 Å². The first-order valence-corrected chi connectivity index (χ1v) is 6.67. The van der Waals surface area contributed by atoms with Crippen molar-refractivity contribution in [3.05, 3.63) is 53.6 Å². The van der Waals surface area contributed by atoms with E-state index < -0.39 is 6.10 Å². The molecule has 0 radical (unpaired) electrons. The van der Waals surface area contributed by atoms with Gasteiger partial charge in [-0.25, -0.2) is 0 Å². The van der Waals surface area contributed by atoms with Gasteiger partial charge in [0.2, 0.25) is 0 Å². The molecule has 1 atom stereocenters. The number of rotatable bonds is 2. The molecular weight excluding hydrogens is 276 g/mol. The van der Waals surface area contributed by atoms with Crippen LogP contribution in [0.5, 0.6) is 5.75 Å². The van der Waals surface area contributed by atoms with Crippen LogP contribution in [0.4, 0.5) is 11.4 Å². The molecule has 0 fully saturated rings. The SMILES string of the molecule is O=C(Nc1ccccc1Cl)C1CNc2ccccc2O1. The Morgan fingerprint density at radius 3 is 2.80 bits per heavy atom. The van der Waals surface area contributed by atoms with Crippen molar-refractivity contribution in [1.82, 2.24) is 0 Å². The van der Waals surface area contributed by atoms with Gasteiger partial charge in [-0.2, -0.15) is 0 Å². The number of anilines is 2. The molecule has 102 valence electrons. The monoisotopic (exact) mass is 288 g/mol. The zero-order valence-corrected chi connectivity index (χ0v) is 11.4. The molecule has 1 amide bonds. The number of amides is 1. The van der Waals surface area contributed by atoms with Gasteiger partial charge in [0, 0.05) is 0 Å².